The molecule has 1 fully saturated rings. The van der Waals surface area contributed by atoms with Gasteiger partial charge in [-0.25, -0.2) is 4.39 Å². The minimum atomic E-state index is -0.318. The van der Waals surface area contributed by atoms with Gasteiger partial charge in [-0.05, 0) is 49.2 Å². The van der Waals surface area contributed by atoms with Crippen molar-refractivity contribution >= 4 is 29.3 Å². The number of hydrogen-bond acceptors (Lipinski definition) is 9. The van der Waals surface area contributed by atoms with Gasteiger partial charge in [0.1, 0.15) is 23.2 Å². The van der Waals surface area contributed by atoms with Crippen LogP contribution in [0.4, 0.5) is 22.0 Å². The Labute approximate surface area is 181 Å². The molecule has 158 valence electrons. The van der Waals surface area contributed by atoms with Gasteiger partial charge in [-0.3, -0.25) is 4.57 Å². The molecule has 0 amide bonds. The lowest BCUT2D eigenvalue weighted by atomic mass is 10.3. The number of rotatable bonds is 8. The van der Waals surface area contributed by atoms with Crippen LogP contribution in [0.25, 0.3) is 0 Å². The van der Waals surface area contributed by atoms with Crippen LogP contribution in [-0.2, 0) is 12.3 Å². The van der Waals surface area contributed by atoms with E-state index in [0.29, 0.717) is 35.7 Å². The fourth-order valence-corrected chi connectivity index (χ4v) is 3.91. The monoisotopic (exact) mass is 438 g/mol. The van der Waals surface area contributed by atoms with Gasteiger partial charge in [0.25, 0.3) is 0 Å². The van der Waals surface area contributed by atoms with Crippen molar-refractivity contribution < 1.29 is 8.81 Å². The molecule has 1 saturated carbocycles. The average molecular weight is 438 g/mol. The molecule has 0 radical (unpaired) electrons. The Hall–Kier alpha value is -3.47. The number of nitrogen functional groups attached to an aromatic ring is 1. The van der Waals surface area contributed by atoms with E-state index >= 15 is 0 Å². The second-order valence-electron chi connectivity index (χ2n) is 7.13. The number of nitrogens with one attached hydrogen (secondary N) is 1. The van der Waals surface area contributed by atoms with E-state index in [1.54, 1.807) is 18.4 Å². The average Bonchev–Trinajstić information content (AvgIpc) is 3.31. The molecular weight excluding hydrogens is 419 g/mol. The van der Waals surface area contributed by atoms with Crippen LogP contribution in [-0.4, -0.2) is 29.7 Å². The molecule has 1 aromatic carbocycles. The molecule has 0 unspecified atom stereocenters. The van der Waals surface area contributed by atoms with Gasteiger partial charge in [0.2, 0.25) is 11.9 Å². The topological polar surface area (TPSA) is 121 Å². The summed E-state index contributed by atoms with van der Waals surface area (Å²) < 4.78 is 20.7. The van der Waals surface area contributed by atoms with Crippen LogP contribution in [0.1, 0.15) is 36.2 Å². The molecule has 0 aliphatic heterocycles. The summed E-state index contributed by atoms with van der Waals surface area (Å²) in [5, 5.41) is 12.6. The highest BCUT2D eigenvalue weighted by atomic mass is 32.2. The van der Waals surface area contributed by atoms with E-state index in [2.05, 4.69) is 35.0 Å². The molecule has 4 aromatic rings. The molecule has 9 nitrogen and oxygen atoms in total. The normalized spacial score (nSPS) is 13.5. The first kappa shape index (κ1) is 19.5. The standard InChI is InChI=1S/C20H19FN8OS/c21-13-5-7-14(8-6-13)23-19-25-16(24-18(22)26-19)11-31-20-28-27-17(12-3-4-12)29(20)10-15-2-1-9-30-15/h1-2,5-9,12H,3-4,10-11H2,(H3,22,23,24,25,26). The summed E-state index contributed by atoms with van der Waals surface area (Å²) >= 11 is 1.48. The minimum Gasteiger partial charge on any atom is -0.467 e. The van der Waals surface area contributed by atoms with Crippen LogP contribution >= 0.6 is 11.8 Å². The van der Waals surface area contributed by atoms with E-state index in [9.17, 15) is 4.39 Å². The largest absolute Gasteiger partial charge is 0.467 e. The highest BCUT2D eigenvalue weighted by Crippen LogP contribution is 2.40. The molecule has 5 rings (SSSR count). The van der Waals surface area contributed by atoms with Crippen molar-refractivity contribution in [3.05, 3.63) is 65.9 Å². The number of nitrogens with zero attached hydrogens (tertiary/aromatic N) is 6. The SMILES string of the molecule is Nc1nc(CSc2nnc(C3CC3)n2Cc2ccco2)nc(Nc2ccc(F)cc2)n1. The maximum atomic E-state index is 13.1. The Morgan fingerprint density at radius 1 is 1.13 bits per heavy atom. The van der Waals surface area contributed by atoms with Gasteiger partial charge in [0, 0.05) is 11.6 Å². The van der Waals surface area contributed by atoms with E-state index in [4.69, 9.17) is 10.2 Å². The van der Waals surface area contributed by atoms with E-state index in [1.165, 1.54) is 23.9 Å². The first-order valence-electron chi connectivity index (χ1n) is 9.75. The fourth-order valence-electron chi connectivity index (χ4n) is 3.11. The van der Waals surface area contributed by atoms with Gasteiger partial charge in [0.15, 0.2) is 5.16 Å². The van der Waals surface area contributed by atoms with Crippen molar-refractivity contribution in [3.63, 3.8) is 0 Å². The van der Waals surface area contributed by atoms with Crippen LogP contribution in [0.2, 0.25) is 0 Å². The Balaban J connectivity index is 1.33. The number of aromatic nitrogens is 6. The third kappa shape index (κ3) is 4.66. The maximum Gasteiger partial charge on any atom is 0.232 e. The molecule has 0 spiro atoms. The Bertz CT molecular complexity index is 1170. The molecule has 0 bridgehead atoms. The van der Waals surface area contributed by atoms with Crippen molar-refractivity contribution in [3.8, 4) is 0 Å². The number of thioether (sulfide) groups is 1. The number of nitrogens with two attached hydrogens (primary N) is 1. The molecule has 0 atom stereocenters. The summed E-state index contributed by atoms with van der Waals surface area (Å²) in [4.78, 5) is 12.8. The predicted octanol–water partition coefficient (Wildman–Crippen LogP) is 3.74. The number of halogens is 1. The van der Waals surface area contributed by atoms with Crippen LogP contribution in [0.15, 0.2) is 52.2 Å². The number of furan rings is 1. The zero-order valence-electron chi connectivity index (χ0n) is 16.4. The van der Waals surface area contributed by atoms with E-state index in [0.717, 1.165) is 29.6 Å². The molecule has 11 heteroatoms. The van der Waals surface area contributed by atoms with Gasteiger partial charge in [-0.2, -0.15) is 15.0 Å². The quantitative estimate of drug-likeness (QED) is 0.396. The second-order valence-corrected chi connectivity index (χ2v) is 8.08. The number of hydrogen-bond donors (Lipinski definition) is 2. The summed E-state index contributed by atoms with van der Waals surface area (Å²) in [7, 11) is 0. The molecule has 1 aliphatic rings. The Morgan fingerprint density at radius 2 is 1.97 bits per heavy atom. The molecular formula is C20H19FN8OS. The van der Waals surface area contributed by atoms with Crippen LogP contribution in [0.5, 0.6) is 0 Å². The van der Waals surface area contributed by atoms with Crippen molar-refractivity contribution in [2.24, 2.45) is 0 Å². The summed E-state index contributed by atoms with van der Waals surface area (Å²) in [5.74, 6) is 3.30. The lowest BCUT2D eigenvalue weighted by molar-refractivity contribution is 0.478. The molecule has 3 N–H and O–H groups in total. The first-order valence-corrected chi connectivity index (χ1v) is 10.7. The lowest BCUT2D eigenvalue weighted by Crippen LogP contribution is -2.08. The summed E-state index contributed by atoms with van der Waals surface area (Å²) in [6.45, 7) is 0.574. The highest BCUT2D eigenvalue weighted by Gasteiger charge is 2.30. The molecule has 1 aliphatic carbocycles. The predicted molar refractivity (Wildman–Crippen MR) is 113 cm³/mol. The Morgan fingerprint density at radius 3 is 2.71 bits per heavy atom. The zero-order valence-corrected chi connectivity index (χ0v) is 17.2. The molecule has 0 saturated heterocycles. The second kappa shape index (κ2) is 8.34. The van der Waals surface area contributed by atoms with Crippen LogP contribution < -0.4 is 11.1 Å². The number of anilines is 3. The minimum absolute atomic E-state index is 0.103. The molecule has 3 aromatic heterocycles. The third-order valence-electron chi connectivity index (χ3n) is 4.71. The van der Waals surface area contributed by atoms with Gasteiger partial charge in [-0.15, -0.1) is 10.2 Å². The van der Waals surface area contributed by atoms with Crippen LogP contribution in [0.3, 0.4) is 0 Å². The summed E-state index contributed by atoms with van der Waals surface area (Å²) in [6.07, 6.45) is 3.92. The summed E-state index contributed by atoms with van der Waals surface area (Å²) in [5.41, 5.74) is 6.51. The maximum absolute atomic E-state index is 13.1. The van der Waals surface area contributed by atoms with E-state index < -0.39 is 0 Å². The Kier molecular flexibility index (Phi) is 5.24. The van der Waals surface area contributed by atoms with Gasteiger partial charge in [-0.1, -0.05) is 11.8 Å². The number of benzene rings is 1. The van der Waals surface area contributed by atoms with Gasteiger partial charge < -0.3 is 15.5 Å². The molecule has 31 heavy (non-hydrogen) atoms. The van der Waals surface area contributed by atoms with Crippen molar-refractivity contribution in [2.75, 3.05) is 11.1 Å². The van der Waals surface area contributed by atoms with Gasteiger partial charge >= 0.3 is 0 Å². The van der Waals surface area contributed by atoms with Gasteiger partial charge in [0.05, 0.1) is 18.6 Å². The smallest absolute Gasteiger partial charge is 0.232 e. The third-order valence-corrected chi connectivity index (χ3v) is 5.67. The summed E-state index contributed by atoms with van der Waals surface area (Å²) in [6, 6.07) is 9.71. The highest BCUT2D eigenvalue weighted by molar-refractivity contribution is 7.98. The van der Waals surface area contributed by atoms with E-state index in [1.807, 2.05) is 12.1 Å². The van der Waals surface area contributed by atoms with Crippen molar-refractivity contribution in [1.82, 2.24) is 29.7 Å². The van der Waals surface area contributed by atoms with E-state index in [-0.39, 0.29) is 11.8 Å². The fraction of sp³-hybridized carbons (Fsp3) is 0.250. The zero-order chi connectivity index (χ0) is 21.2. The van der Waals surface area contributed by atoms with Crippen LogP contribution in [0, 0.1) is 5.82 Å². The lowest BCUT2D eigenvalue weighted by Gasteiger charge is -2.09. The van der Waals surface area contributed by atoms with Crippen molar-refractivity contribution in [1.29, 1.82) is 0 Å². The first-order chi connectivity index (χ1) is 15.1. The molecule has 3 heterocycles. The van der Waals surface area contributed by atoms with Crippen molar-refractivity contribution in [2.45, 2.75) is 36.2 Å².